The second kappa shape index (κ2) is 5.14. The van der Waals surface area contributed by atoms with Gasteiger partial charge in [0.25, 0.3) is 0 Å². The van der Waals surface area contributed by atoms with Crippen molar-refractivity contribution in [1.29, 1.82) is 0 Å². The van der Waals surface area contributed by atoms with Crippen LogP contribution in [-0.4, -0.2) is 4.98 Å². The zero-order valence-corrected chi connectivity index (χ0v) is 13.4. The van der Waals surface area contributed by atoms with E-state index in [1.807, 2.05) is 6.20 Å². The predicted molar refractivity (Wildman–Crippen MR) is 90.3 cm³/mol. The Morgan fingerprint density at radius 2 is 1.81 bits per heavy atom. The van der Waals surface area contributed by atoms with Gasteiger partial charge in [-0.3, -0.25) is 4.98 Å². The molecular formula is C20H23N. The lowest BCUT2D eigenvalue weighted by Gasteiger charge is -2.24. The third kappa shape index (κ3) is 2.31. The summed E-state index contributed by atoms with van der Waals surface area (Å²) in [5.74, 6) is 0. The summed E-state index contributed by atoms with van der Waals surface area (Å²) in [4.78, 5) is 4.54. The molecule has 0 saturated carbocycles. The SMILES string of the molecule is CCC1=Cc2cc(-c3cc(CC)ccn3)ccc2C1(C)C. The fraction of sp³-hybridized carbons (Fsp3) is 0.350. The minimum absolute atomic E-state index is 0.168. The van der Waals surface area contributed by atoms with Crippen LogP contribution in [0, 0.1) is 0 Å². The molecule has 1 heterocycles. The average molecular weight is 277 g/mol. The number of nitrogens with zero attached hydrogens (tertiary/aromatic N) is 1. The quantitative estimate of drug-likeness (QED) is 0.732. The summed E-state index contributed by atoms with van der Waals surface area (Å²) >= 11 is 0. The Balaban J connectivity index is 2.07. The van der Waals surface area contributed by atoms with Crippen LogP contribution < -0.4 is 0 Å². The molecular weight excluding hydrogens is 254 g/mol. The number of aromatic nitrogens is 1. The van der Waals surface area contributed by atoms with Gasteiger partial charge in [0.2, 0.25) is 0 Å². The van der Waals surface area contributed by atoms with E-state index in [0.717, 1.165) is 18.5 Å². The molecule has 0 fully saturated rings. The van der Waals surface area contributed by atoms with Gasteiger partial charge in [0.1, 0.15) is 0 Å². The van der Waals surface area contributed by atoms with Gasteiger partial charge in [-0.2, -0.15) is 0 Å². The van der Waals surface area contributed by atoms with Crippen molar-refractivity contribution in [3.63, 3.8) is 0 Å². The first-order valence-electron chi connectivity index (χ1n) is 7.87. The van der Waals surface area contributed by atoms with Crippen LogP contribution in [0.25, 0.3) is 17.3 Å². The molecule has 3 rings (SSSR count). The van der Waals surface area contributed by atoms with Gasteiger partial charge in [-0.15, -0.1) is 0 Å². The van der Waals surface area contributed by atoms with E-state index < -0.39 is 0 Å². The molecule has 1 nitrogen and oxygen atoms in total. The zero-order valence-electron chi connectivity index (χ0n) is 13.4. The minimum Gasteiger partial charge on any atom is -0.256 e. The van der Waals surface area contributed by atoms with Crippen LogP contribution in [0.15, 0.2) is 42.1 Å². The number of pyridine rings is 1. The van der Waals surface area contributed by atoms with Crippen molar-refractivity contribution in [3.05, 3.63) is 58.8 Å². The third-order valence-electron chi connectivity index (χ3n) is 4.77. The normalized spacial score (nSPS) is 15.7. The Hall–Kier alpha value is -1.89. The molecule has 0 radical (unpaired) electrons. The summed E-state index contributed by atoms with van der Waals surface area (Å²) in [5, 5.41) is 0. The minimum atomic E-state index is 0.168. The molecule has 1 aromatic heterocycles. The van der Waals surface area contributed by atoms with E-state index in [4.69, 9.17) is 0 Å². The van der Waals surface area contributed by atoms with Crippen LogP contribution in [0.5, 0.6) is 0 Å². The highest BCUT2D eigenvalue weighted by Gasteiger charge is 2.31. The highest BCUT2D eigenvalue weighted by molar-refractivity contribution is 5.74. The molecule has 0 saturated heterocycles. The monoisotopic (exact) mass is 277 g/mol. The largest absolute Gasteiger partial charge is 0.256 e. The third-order valence-corrected chi connectivity index (χ3v) is 4.77. The number of aryl methyl sites for hydroxylation is 1. The first-order valence-corrected chi connectivity index (χ1v) is 7.87. The molecule has 0 aliphatic heterocycles. The molecule has 108 valence electrons. The van der Waals surface area contributed by atoms with Gasteiger partial charge >= 0.3 is 0 Å². The number of hydrogen-bond acceptors (Lipinski definition) is 1. The molecule has 1 aliphatic rings. The van der Waals surface area contributed by atoms with Gasteiger partial charge in [0, 0.05) is 17.2 Å². The summed E-state index contributed by atoms with van der Waals surface area (Å²) < 4.78 is 0. The molecule has 0 amide bonds. The average Bonchev–Trinajstić information content (AvgIpc) is 2.77. The summed E-state index contributed by atoms with van der Waals surface area (Å²) in [6.45, 7) is 9.07. The number of fused-ring (bicyclic) bond motifs is 1. The van der Waals surface area contributed by atoms with Gasteiger partial charge in [0.05, 0.1) is 5.69 Å². The Labute approximate surface area is 127 Å². The smallest absolute Gasteiger partial charge is 0.0704 e. The molecule has 1 aliphatic carbocycles. The second-order valence-electron chi connectivity index (χ2n) is 6.35. The van der Waals surface area contributed by atoms with Crippen molar-refractivity contribution in [3.8, 4) is 11.3 Å². The van der Waals surface area contributed by atoms with Crippen LogP contribution in [0.4, 0.5) is 0 Å². The van der Waals surface area contributed by atoms with Crippen LogP contribution in [-0.2, 0) is 11.8 Å². The molecule has 21 heavy (non-hydrogen) atoms. The summed E-state index contributed by atoms with van der Waals surface area (Å²) in [6, 6.07) is 11.1. The summed E-state index contributed by atoms with van der Waals surface area (Å²) in [6.07, 6.45) is 6.44. The fourth-order valence-corrected chi connectivity index (χ4v) is 3.35. The molecule has 0 atom stereocenters. The van der Waals surface area contributed by atoms with Crippen molar-refractivity contribution in [2.24, 2.45) is 0 Å². The zero-order chi connectivity index (χ0) is 15.0. The lowest BCUT2D eigenvalue weighted by molar-refractivity contribution is 0.618. The lowest BCUT2D eigenvalue weighted by atomic mass is 9.80. The van der Waals surface area contributed by atoms with E-state index in [1.165, 1.54) is 27.8 Å². The number of benzene rings is 1. The van der Waals surface area contributed by atoms with Crippen LogP contribution in [0.3, 0.4) is 0 Å². The molecule has 0 bridgehead atoms. The van der Waals surface area contributed by atoms with Crippen molar-refractivity contribution in [2.75, 3.05) is 0 Å². The summed E-state index contributed by atoms with van der Waals surface area (Å²) in [7, 11) is 0. The number of rotatable bonds is 3. The van der Waals surface area contributed by atoms with E-state index in [-0.39, 0.29) is 5.41 Å². The predicted octanol–water partition coefficient (Wildman–Crippen LogP) is 5.40. The fourth-order valence-electron chi connectivity index (χ4n) is 3.35. The molecule has 2 aromatic rings. The Morgan fingerprint density at radius 3 is 2.52 bits per heavy atom. The highest BCUT2D eigenvalue weighted by atomic mass is 14.7. The maximum atomic E-state index is 4.54. The lowest BCUT2D eigenvalue weighted by Crippen LogP contribution is -2.16. The van der Waals surface area contributed by atoms with Crippen LogP contribution in [0.2, 0.25) is 0 Å². The molecule has 0 spiro atoms. The maximum absolute atomic E-state index is 4.54. The first kappa shape index (κ1) is 14.1. The highest BCUT2D eigenvalue weighted by Crippen LogP contribution is 2.43. The Bertz CT molecular complexity index is 708. The molecule has 0 N–H and O–H groups in total. The van der Waals surface area contributed by atoms with Crippen molar-refractivity contribution < 1.29 is 0 Å². The van der Waals surface area contributed by atoms with Gasteiger partial charge < -0.3 is 0 Å². The topological polar surface area (TPSA) is 12.9 Å². The second-order valence-corrected chi connectivity index (χ2v) is 6.35. The maximum Gasteiger partial charge on any atom is 0.0704 e. The Morgan fingerprint density at radius 1 is 1.00 bits per heavy atom. The van der Waals surface area contributed by atoms with Crippen molar-refractivity contribution in [1.82, 2.24) is 4.98 Å². The van der Waals surface area contributed by atoms with Gasteiger partial charge in [-0.1, -0.05) is 51.5 Å². The van der Waals surface area contributed by atoms with Gasteiger partial charge in [-0.05, 0) is 47.7 Å². The number of allylic oxidation sites excluding steroid dienone is 1. The Kier molecular flexibility index (Phi) is 3.44. The first-order chi connectivity index (χ1) is 10.1. The molecule has 0 unspecified atom stereocenters. The van der Waals surface area contributed by atoms with E-state index >= 15 is 0 Å². The van der Waals surface area contributed by atoms with Gasteiger partial charge in [0.15, 0.2) is 0 Å². The van der Waals surface area contributed by atoms with Crippen LogP contribution in [0.1, 0.15) is 50.8 Å². The van der Waals surface area contributed by atoms with Crippen LogP contribution >= 0.6 is 0 Å². The standard InChI is InChI=1S/C20H23N/c1-5-14-9-10-21-19(11-14)15-7-8-18-16(12-15)13-17(6-2)20(18,3)4/h7-13H,5-6H2,1-4H3. The van der Waals surface area contributed by atoms with E-state index in [1.54, 1.807) is 0 Å². The van der Waals surface area contributed by atoms with E-state index in [0.29, 0.717) is 0 Å². The van der Waals surface area contributed by atoms with Crippen molar-refractivity contribution in [2.45, 2.75) is 46.0 Å². The molecule has 1 heteroatoms. The van der Waals surface area contributed by atoms with Gasteiger partial charge in [-0.25, -0.2) is 0 Å². The van der Waals surface area contributed by atoms with E-state index in [2.05, 4.69) is 69.1 Å². The van der Waals surface area contributed by atoms with Crippen molar-refractivity contribution >= 4 is 6.08 Å². The number of hydrogen-bond donors (Lipinski definition) is 0. The molecule has 1 aromatic carbocycles. The summed E-state index contributed by atoms with van der Waals surface area (Å²) in [5.41, 5.74) is 8.12. The van der Waals surface area contributed by atoms with E-state index in [9.17, 15) is 0 Å².